The number of thiol groups is 1. The van der Waals surface area contributed by atoms with E-state index in [-0.39, 0.29) is 11.0 Å². The van der Waals surface area contributed by atoms with Gasteiger partial charge < -0.3 is 5.11 Å². The highest BCUT2D eigenvalue weighted by Crippen LogP contribution is 2.18. The Hall–Kier alpha value is -1.43. The van der Waals surface area contributed by atoms with Gasteiger partial charge in [0, 0.05) is 0 Å². The maximum absolute atomic E-state index is 9.37. The van der Waals surface area contributed by atoms with Gasteiger partial charge in [-0.2, -0.15) is 4.98 Å². The second kappa shape index (κ2) is 2.81. The molecule has 5 nitrogen and oxygen atoms in total. The van der Waals surface area contributed by atoms with E-state index in [9.17, 15) is 5.11 Å². The van der Waals surface area contributed by atoms with Crippen LogP contribution in [0.25, 0.3) is 11.2 Å². The first-order chi connectivity index (χ1) is 6.16. The van der Waals surface area contributed by atoms with Gasteiger partial charge in [-0.25, -0.2) is 15.0 Å². The van der Waals surface area contributed by atoms with Crippen LogP contribution in [-0.4, -0.2) is 25.0 Å². The molecule has 0 spiro atoms. The maximum atomic E-state index is 9.37. The first-order valence-corrected chi connectivity index (χ1v) is 4.01. The molecule has 0 bridgehead atoms. The number of hydrogen-bond donors (Lipinski definition) is 2. The molecule has 0 atom stereocenters. The van der Waals surface area contributed by atoms with Crippen molar-refractivity contribution in [1.29, 1.82) is 0 Å². The van der Waals surface area contributed by atoms with Crippen molar-refractivity contribution >= 4 is 23.8 Å². The van der Waals surface area contributed by atoms with Crippen LogP contribution in [0.15, 0.2) is 11.4 Å². The van der Waals surface area contributed by atoms with Gasteiger partial charge in [-0.15, -0.1) is 12.6 Å². The standard InChI is InChI=1S/C7H6N4OS/c1-3-2-8-5-4(9-3)6(12)11-7(13)10-5/h2H,1H3,(H2,8,10,11,12,13). The smallest absolute Gasteiger partial charge is 0.243 e. The van der Waals surface area contributed by atoms with E-state index in [0.29, 0.717) is 16.9 Å². The summed E-state index contributed by atoms with van der Waals surface area (Å²) in [7, 11) is 0. The van der Waals surface area contributed by atoms with E-state index in [1.807, 2.05) is 0 Å². The van der Waals surface area contributed by atoms with Gasteiger partial charge in [0.25, 0.3) is 0 Å². The zero-order chi connectivity index (χ0) is 9.42. The van der Waals surface area contributed by atoms with Crippen LogP contribution < -0.4 is 0 Å². The SMILES string of the molecule is Cc1cnc2nc(S)nc(O)c2n1. The van der Waals surface area contributed by atoms with Gasteiger partial charge in [-0.1, -0.05) is 0 Å². The summed E-state index contributed by atoms with van der Waals surface area (Å²) in [6.45, 7) is 1.78. The molecule has 0 amide bonds. The molecular formula is C7H6N4OS. The molecule has 0 aromatic carbocycles. The lowest BCUT2D eigenvalue weighted by Gasteiger charge is -1.99. The lowest BCUT2D eigenvalue weighted by atomic mass is 10.4. The van der Waals surface area contributed by atoms with Gasteiger partial charge in [0.05, 0.1) is 11.9 Å². The van der Waals surface area contributed by atoms with Crippen molar-refractivity contribution in [3.63, 3.8) is 0 Å². The first kappa shape index (κ1) is 8.18. The summed E-state index contributed by atoms with van der Waals surface area (Å²) in [4.78, 5) is 15.6. The summed E-state index contributed by atoms with van der Waals surface area (Å²) in [5, 5.41) is 9.56. The fourth-order valence-corrected chi connectivity index (χ4v) is 1.16. The summed E-state index contributed by atoms with van der Waals surface area (Å²) in [5.74, 6) is -0.189. The monoisotopic (exact) mass is 194 g/mol. The Morgan fingerprint density at radius 2 is 2.08 bits per heavy atom. The Labute approximate surface area is 79.3 Å². The third kappa shape index (κ3) is 1.40. The van der Waals surface area contributed by atoms with E-state index in [4.69, 9.17) is 0 Å². The van der Waals surface area contributed by atoms with Crippen molar-refractivity contribution in [3.8, 4) is 5.88 Å². The quantitative estimate of drug-likeness (QED) is 0.477. The molecule has 0 fully saturated rings. The largest absolute Gasteiger partial charge is 0.492 e. The summed E-state index contributed by atoms with van der Waals surface area (Å²) >= 11 is 3.91. The zero-order valence-electron chi connectivity index (χ0n) is 6.76. The highest BCUT2D eigenvalue weighted by atomic mass is 32.1. The van der Waals surface area contributed by atoms with Gasteiger partial charge in [0.1, 0.15) is 0 Å². The molecular weight excluding hydrogens is 188 g/mol. The number of rotatable bonds is 0. The number of aromatic nitrogens is 4. The molecule has 0 radical (unpaired) electrons. The van der Waals surface area contributed by atoms with Crippen LogP contribution in [-0.2, 0) is 0 Å². The average molecular weight is 194 g/mol. The van der Waals surface area contributed by atoms with Crippen LogP contribution in [0.1, 0.15) is 5.69 Å². The van der Waals surface area contributed by atoms with Crippen LogP contribution in [0.4, 0.5) is 0 Å². The average Bonchev–Trinajstić information content (AvgIpc) is 2.06. The second-order valence-electron chi connectivity index (χ2n) is 2.53. The molecule has 1 N–H and O–H groups in total. The molecule has 0 unspecified atom stereocenters. The third-order valence-electron chi connectivity index (χ3n) is 1.50. The van der Waals surface area contributed by atoms with Crippen molar-refractivity contribution < 1.29 is 5.11 Å². The van der Waals surface area contributed by atoms with Crippen molar-refractivity contribution in [2.45, 2.75) is 12.1 Å². The predicted octanol–water partition coefficient (Wildman–Crippen LogP) is 0.723. The Morgan fingerprint density at radius 1 is 1.31 bits per heavy atom. The molecule has 66 valence electrons. The normalized spacial score (nSPS) is 10.6. The molecule has 2 rings (SSSR count). The number of nitrogens with zero attached hydrogens (tertiary/aromatic N) is 4. The highest BCUT2D eigenvalue weighted by molar-refractivity contribution is 7.80. The molecule has 2 aromatic rings. The zero-order valence-corrected chi connectivity index (χ0v) is 7.66. The van der Waals surface area contributed by atoms with Gasteiger partial charge in [0.15, 0.2) is 16.3 Å². The van der Waals surface area contributed by atoms with Gasteiger partial charge in [0.2, 0.25) is 5.88 Å². The Kier molecular flexibility index (Phi) is 1.77. The van der Waals surface area contributed by atoms with Crippen molar-refractivity contribution in [2.24, 2.45) is 0 Å². The number of hydrogen-bond acceptors (Lipinski definition) is 6. The van der Waals surface area contributed by atoms with Crippen LogP contribution in [0.3, 0.4) is 0 Å². The predicted molar refractivity (Wildman–Crippen MR) is 48.8 cm³/mol. The molecule has 0 aliphatic carbocycles. The molecule has 2 heterocycles. The minimum absolute atomic E-state index is 0.183. The molecule has 0 aliphatic heterocycles. The van der Waals surface area contributed by atoms with E-state index in [0.717, 1.165) is 0 Å². The molecule has 0 saturated heterocycles. The summed E-state index contributed by atoms with van der Waals surface area (Å²) < 4.78 is 0. The molecule has 0 aliphatic rings. The summed E-state index contributed by atoms with van der Waals surface area (Å²) in [5.41, 5.74) is 1.36. The van der Waals surface area contributed by atoms with Crippen molar-refractivity contribution in [2.75, 3.05) is 0 Å². The van der Waals surface area contributed by atoms with Gasteiger partial charge in [-0.05, 0) is 6.92 Å². The second-order valence-corrected chi connectivity index (χ2v) is 2.93. The van der Waals surface area contributed by atoms with E-state index in [1.165, 1.54) is 0 Å². The lowest BCUT2D eigenvalue weighted by Crippen LogP contribution is -1.93. The minimum Gasteiger partial charge on any atom is -0.492 e. The van der Waals surface area contributed by atoms with Crippen molar-refractivity contribution in [1.82, 2.24) is 19.9 Å². The fourth-order valence-electron chi connectivity index (χ4n) is 0.970. The Morgan fingerprint density at radius 3 is 2.85 bits per heavy atom. The van der Waals surface area contributed by atoms with Crippen LogP contribution >= 0.6 is 12.6 Å². The van der Waals surface area contributed by atoms with Crippen LogP contribution in [0.2, 0.25) is 0 Å². The topological polar surface area (TPSA) is 71.8 Å². The van der Waals surface area contributed by atoms with Crippen LogP contribution in [0, 0.1) is 6.92 Å². The number of fused-ring (bicyclic) bond motifs is 1. The summed E-state index contributed by atoms with van der Waals surface area (Å²) in [6.07, 6.45) is 1.57. The third-order valence-corrected chi connectivity index (χ3v) is 1.70. The van der Waals surface area contributed by atoms with E-state index < -0.39 is 0 Å². The fraction of sp³-hybridized carbons (Fsp3) is 0.143. The van der Waals surface area contributed by atoms with Gasteiger partial charge >= 0.3 is 0 Å². The number of aromatic hydroxyl groups is 1. The van der Waals surface area contributed by atoms with Crippen LogP contribution in [0.5, 0.6) is 5.88 Å². The minimum atomic E-state index is -0.189. The molecule has 13 heavy (non-hydrogen) atoms. The van der Waals surface area contributed by atoms with E-state index in [2.05, 4.69) is 32.6 Å². The number of aryl methyl sites for hydroxylation is 1. The highest BCUT2D eigenvalue weighted by Gasteiger charge is 2.06. The Bertz CT molecular complexity index is 473. The first-order valence-electron chi connectivity index (χ1n) is 3.56. The maximum Gasteiger partial charge on any atom is 0.243 e. The molecule has 2 aromatic heterocycles. The Balaban J connectivity index is 2.87. The van der Waals surface area contributed by atoms with Gasteiger partial charge in [-0.3, -0.25) is 0 Å². The van der Waals surface area contributed by atoms with E-state index in [1.54, 1.807) is 13.1 Å². The van der Waals surface area contributed by atoms with Crippen molar-refractivity contribution in [3.05, 3.63) is 11.9 Å². The summed E-state index contributed by atoms with van der Waals surface area (Å²) in [6, 6.07) is 0. The molecule has 6 heteroatoms. The molecule has 0 saturated carbocycles. The lowest BCUT2D eigenvalue weighted by molar-refractivity contribution is 0.452. The van der Waals surface area contributed by atoms with E-state index >= 15 is 0 Å².